The first-order valence-electron chi connectivity index (χ1n) is 8.57. The Labute approximate surface area is 149 Å². The second-order valence-electron chi connectivity index (χ2n) is 6.55. The van der Waals surface area contributed by atoms with Crippen LogP contribution in [0.25, 0.3) is 0 Å². The van der Waals surface area contributed by atoms with Crippen molar-refractivity contribution in [2.45, 2.75) is 24.3 Å². The Balaban J connectivity index is 1.54. The fourth-order valence-corrected chi connectivity index (χ4v) is 5.28. The lowest BCUT2D eigenvalue weighted by molar-refractivity contribution is -0.142. The van der Waals surface area contributed by atoms with Gasteiger partial charge in [-0.05, 0) is 12.0 Å². The van der Waals surface area contributed by atoms with Crippen LogP contribution in [0, 0.1) is 0 Å². The van der Waals surface area contributed by atoms with Crippen molar-refractivity contribution in [2.24, 2.45) is 0 Å². The Morgan fingerprint density at radius 3 is 2.52 bits per heavy atom. The lowest BCUT2D eigenvalue weighted by atomic mass is 10.2. The van der Waals surface area contributed by atoms with Crippen molar-refractivity contribution < 1.29 is 17.9 Å². The van der Waals surface area contributed by atoms with Gasteiger partial charge in [-0.3, -0.25) is 9.69 Å². The number of carbonyl (C=O) groups excluding carboxylic acids is 1. The minimum Gasteiger partial charge on any atom is -0.468 e. The molecule has 1 aromatic carbocycles. The predicted molar refractivity (Wildman–Crippen MR) is 94.4 cm³/mol. The van der Waals surface area contributed by atoms with E-state index in [0.717, 1.165) is 6.54 Å². The highest BCUT2D eigenvalue weighted by atomic mass is 32.2. The summed E-state index contributed by atoms with van der Waals surface area (Å²) in [6.45, 7) is 3.56. The maximum Gasteiger partial charge on any atom is 0.322 e. The number of rotatable bonds is 5. The molecular weight excluding hydrogens is 342 g/mol. The highest BCUT2D eigenvalue weighted by Gasteiger charge is 2.41. The highest BCUT2D eigenvalue weighted by molar-refractivity contribution is 7.89. The van der Waals surface area contributed by atoms with E-state index >= 15 is 0 Å². The normalized spacial score (nSPS) is 25.8. The van der Waals surface area contributed by atoms with E-state index in [1.165, 1.54) is 12.7 Å². The highest BCUT2D eigenvalue weighted by Crippen LogP contribution is 2.21. The van der Waals surface area contributed by atoms with Gasteiger partial charge in [0.2, 0.25) is 10.0 Å². The van der Waals surface area contributed by atoms with Crippen molar-refractivity contribution in [3.05, 3.63) is 35.9 Å². The summed E-state index contributed by atoms with van der Waals surface area (Å²) >= 11 is 0. The zero-order valence-electron chi connectivity index (χ0n) is 14.4. The lowest BCUT2D eigenvalue weighted by Gasteiger charge is -2.35. The van der Waals surface area contributed by atoms with Gasteiger partial charge in [-0.15, -0.1) is 0 Å². The average molecular weight is 367 g/mol. The van der Waals surface area contributed by atoms with Gasteiger partial charge in [0.05, 0.1) is 12.4 Å². The van der Waals surface area contributed by atoms with E-state index < -0.39 is 27.3 Å². The van der Waals surface area contributed by atoms with Crippen LogP contribution >= 0.6 is 0 Å². The Hall–Kier alpha value is -1.48. The van der Waals surface area contributed by atoms with Crippen molar-refractivity contribution in [3.63, 3.8) is 0 Å². The third kappa shape index (κ3) is 4.20. The minimum atomic E-state index is -3.40. The van der Waals surface area contributed by atoms with Crippen LogP contribution in [-0.2, 0) is 26.1 Å². The summed E-state index contributed by atoms with van der Waals surface area (Å²) in [5, 5.41) is 2.40. The zero-order valence-corrected chi connectivity index (χ0v) is 15.2. The van der Waals surface area contributed by atoms with E-state index in [4.69, 9.17) is 4.74 Å². The first kappa shape index (κ1) is 18.3. The molecule has 0 bridgehead atoms. The van der Waals surface area contributed by atoms with E-state index in [-0.39, 0.29) is 6.42 Å². The minimum absolute atomic E-state index is 0.277. The van der Waals surface area contributed by atoms with Crippen LogP contribution in [0.1, 0.15) is 12.0 Å². The Kier molecular flexibility index (Phi) is 5.73. The number of benzene rings is 1. The molecule has 2 atom stereocenters. The van der Waals surface area contributed by atoms with Crippen molar-refractivity contribution in [1.82, 2.24) is 14.5 Å². The van der Waals surface area contributed by atoms with E-state index in [2.05, 4.69) is 22.3 Å². The Morgan fingerprint density at radius 1 is 1.20 bits per heavy atom. The van der Waals surface area contributed by atoms with Gasteiger partial charge in [-0.25, -0.2) is 8.42 Å². The van der Waals surface area contributed by atoms with E-state index in [0.29, 0.717) is 32.7 Å². The monoisotopic (exact) mass is 367 g/mol. The maximum absolute atomic E-state index is 12.8. The van der Waals surface area contributed by atoms with Gasteiger partial charge >= 0.3 is 5.97 Å². The molecule has 7 nitrogen and oxygen atoms in total. The number of carbonyl (C=O) groups is 1. The molecule has 25 heavy (non-hydrogen) atoms. The van der Waals surface area contributed by atoms with E-state index in [1.54, 1.807) is 4.31 Å². The second-order valence-corrected chi connectivity index (χ2v) is 8.76. The molecule has 1 aromatic rings. The first-order chi connectivity index (χ1) is 12.0. The van der Waals surface area contributed by atoms with Crippen LogP contribution in [0.4, 0.5) is 0 Å². The molecule has 2 fully saturated rings. The van der Waals surface area contributed by atoms with Gasteiger partial charge in [-0.1, -0.05) is 30.3 Å². The molecule has 0 spiro atoms. The smallest absolute Gasteiger partial charge is 0.322 e. The standard InChI is InChI=1S/C17H25N3O4S/c1-24-17(21)16-11-15(12-18-16)25(22,23)20-9-7-19(8-10-20)13-14-5-3-2-4-6-14/h2-6,15-16,18H,7-13H2,1H3. The van der Waals surface area contributed by atoms with Crippen LogP contribution < -0.4 is 5.32 Å². The molecule has 0 radical (unpaired) electrons. The summed E-state index contributed by atoms with van der Waals surface area (Å²) in [4.78, 5) is 13.8. The SMILES string of the molecule is COC(=O)C1CC(S(=O)(=O)N2CCN(Cc3ccccc3)CC2)CN1. The molecule has 0 aromatic heterocycles. The van der Waals surface area contributed by atoms with Gasteiger partial charge in [0.25, 0.3) is 0 Å². The summed E-state index contributed by atoms with van der Waals surface area (Å²) in [5.74, 6) is -0.398. The molecule has 2 unspecified atom stereocenters. The number of piperazine rings is 1. The largest absolute Gasteiger partial charge is 0.468 e. The molecule has 0 aliphatic carbocycles. The van der Waals surface area contributed by atoms with Gasteiger partial charge in [-0.2, -0.15) is 4.31 Å². The third-order valence-electron chi connectivity index (χ3n) is 4.94. The maximum atomic E-state index is 12.8. The van der Waals surface area contributed by atoms with Crippen LogP contribution in [-0.4, -0.2) is 74.7 Å². The number of ether oxygens (including phenoxy) is 1. The quantitative estimate of drug-likeness (QED) is 0.740. The molecule has 2 heterocycles. The molecule has 2 saturated heterocycles. The van der Waals surface area contributed by atoms with Crippen LogP contribution in [0.2, 0.25) is 0 Å². The first-order valence-corrected chi connectivity index (χ1v) is 10.1. The summed E-state index contributed by atoms with van der Waals surface area (Å²) in [6.07, 6.45) is 0.277. The van der Waals surface area contributed by atoms with Gasteiger partial charge in [0, 0.05) is 39.3 Å². The fraction of sp³-hybridized carbons (Fsp3) is 0.588. The molecular formula is C17H25N3O4S. The molecule has 0 saturated carbocycles. The van der Waals surface area contributed by atoms with Crippen molar-refractivity contribution >= 4 is 16.0 Å². The predicted octanol–water partition coefficient (Wildman–Crippen LogP) is 0.0375. The lowest BCUT2D eigenvalue weighted by Crippen LogP contribution is -2.51. The van der Waals surface area contributed by atoms with Gasteiger partial charge in [0.1, 0.15) is 6.04 Å². The molecule has 2 aliphatic heterocycles. The molecule has 8 heteroatoms. The van der Waals surface area contributed by atoms with Crippen LogP contribution in [0.15, 0.2) is 30.3 Å². The number of sulfonamides is 1. The van der Waals surface area contributed by atoms with Gasteiger partial charge in [0.15, 0.2) is 0 Å². The molecule has 138 valence electrons. The summed E-state index contributed by atoms with van der Waals surface area (Å²) in [6, 6.07) is 9.66. The summed E-state index contributed by atoms with van der Waals surface area (Å²) in [7, 11) is -2.08. The summed E-state index contributed by atoms with van der Waals surface area (Å²) in [5.41, 5.74) is 1.24. The van der Waals surface area contributed by atoms with E-state index in [1.807, 2.05) is 18.2 Å². The molecule has 3 rings (SSSR count). The average Bonchev–Trinajstić information content (AvgIpc) is 3.13. The van der Waals surface area contributed by atoms with Crippen molar-refractivity contribution in [1.29, 1.82) is 0 Å². The van der Waals surface area contributed by atoms with Crippen molar-refractivity contribution in [3.8, 4) is 0 Å². The molecule has 2 aliphatic rings. The zero-order chi connectivity index (χ0) is 17.9. The Bertz CT molecular complexity index is 687. The number of esters is 1. The van der Waals surface area contributed by atoms with Gasteiger partial charge < -0.3 is 10.1 Å². The topological polar surface area (TPSA) is 79.0 Å². The number of methoxy groups -OCH3 is 1. The molecule has 0 amide bonds. The Morgan fingerprint density at radius 2 is 1.88 bits per heavy atom. The number of hydrogen-bond donors (Lipinski definition) is 1. The number of nitrogens with zero attached hydrogens (tertiary/aromatic N) is 2. The summed E-state index contributed by atoms with van der Waals surface area (Å²) < 4.78 is 31.9. The van der Waals surface area contributed by atoms with Crippen molar-refractivity contribution in [2.75, 3.05) is 39.8 Å². The fourth-order valence-electron chi connectivity index (χ4n) is 3.45. The molecule has 1 N–H and O–H groups in total. The van der Waals surface area contributed by atoms with E-state index in [9.17, 15) is 13.2 Å². The van der Waals surface area contributed by atoms with Crippen LogP contribution in [0.5, 0.6) is 0 Å². The second kappa shape index (κ2) is 7.82. The third-order valence-corrected chi connectivity index (χ3v) is 7.22. The number of nitrogens with one attached hydrogen (secondary N) is 1. The number of hydrogen-bond acceptors (Lipinski definition) is 6. The van der Waals surface area contributed by atoms with Crippen LogP contribution in [0.3, 0.4) is 0 Å².